The second-order valence-corrected chi connectivity index (χ2v) is 2.49. The van der Waals surface area contributed by atoms with Gasteiger partial charge in [-0.1, -0.05) is 6.08 Å². The lowest BCUT2D eigenvalue weighted by molar-refractivity contribution is -0.147. The van der Waals surface area contributed by atoms with E-state index in [0.717, 1.165) is 0 Å². The Bertz CT molecular complexity index is 149. The number of aliphatic hydroxyl groups is 1. The highest BCUT2D eigenvalue weighted by atomic mass is 16.4. The van der Waals surface area contributed by atoms with Crippen molar-refractivity contribution in [1.29, 1.82) is 0 Å². The molecule has 3 heteroatoms. The fraction of sp³-hybridized carbons (Fsp3) is 0.571. The second kappa shape index (κ2) is 2.84. The lowest BCUT2D eigenvalue weighted by Crippen LogP contribution is -2.35. The molecule has 3 nitrogen and oxygen atoms in total. The van der Waals surface area contributed by atoms with Crippen molar-refractivity contribution < 1.29 is 15.0 Å². The number of carboxylic acid groups (broad SMARTS) is 1. The average molecular weight is 144 g/mol. The van der Waals surface area contributed by atoms with Crippen LogP contribution in [-0.2, 0) is 4.79 Å². The molecule has 2 N–H and O–H groups in total. The third kappa shape index (κ3) is 1.84. The molecule has 0 amide bonds. The number of hydrogen-bond acceptors (Lipinski definition) is 2. The lowest BCUT2D eigenvalue weighted by Gasteiger charge is -2.22. The highest BCUT2D eigenvalue weighted by molar-refractivity contribution is 5.71. The third-order valence-electron chi connectivity index (χ3n) is 1.66. The van der Waals surface area contributed by atoms with Crippen LogP contribution in [-0.4, -0.2) is 21.8 Å². The van der Waals surface area contributed by atoms with Crippen molar-refractivity contribution in [3.63, 3.8) is 0 Å². The first kappa shape index (κ1) is 9.17. The Labute approximate surface area is 60.0 Å². The van der Waals surface area contributed by atoms with Crippen LogP contribution < -0.4 is 0 Å². The maximum atomic E-state index is 10.3. The van der Waals surface area contributed by atoms with Gasteiger partial charge in [0.1, 0.15) is 0 Å². The summed E-state index contributed by atoms with van der Waals surface area (Å²) in [6, 6.07) is 0. The summed E-state index contributed by atoms with van der Waals surface area (Å²) >= 11 is 0. The largest absolute Gasteiger partial charge is 0.481 e. The first-order chi connectivity index (χ1) is 4.41. The molecule has 0 fully saturated rings. The molecule has 0 heterocycles. The molecule has 0 aliphatic carbocycles. The molecule has 10 heavy (non-hydrogen) atoms. The molecule has 0 spiro atoms. The van der Waals surface area contributed by atoms with Gasteiger partial charge in [-0.25, -0.2) is 0 Å². The Morgan fingerprint density at radius 1 is 1.80 bits per heavy atom. The zero-order chi connectivity index (χ0) is 8.36. The number of rotatable bonds is 3. The average Bonchev–Trinajstić information content (AvgIpc) is 1.86. The number of aliphatic carboxylic acids is 1. The van der Waals surface area contributed by atoms with E-state index in [0.29, 0.717) is 0 Å². The molecule has 0 radical (unpaired) electrons. The van der Waals surface area contributed by atoms with Crippen molar-refractivity contribution in [3.05, 3.63) is 12.7 Å². The van der Waals surface area contributed by atoms with Gasteiger partial charge in [0.15, 0.2) is 0 Å². The molecule has 0 aromatic carbocycles. The SMILES string of the molecule is C=CC(C)(O)C(C)C(=O)O. The van der Waals surface area contributed by atoms with Crippen molar-refractivity contribution in [2.24, 2.45) is 5.92 Å². The molecule has 0 saturated carbocycles. The molecule has 0 aliphatic rings. The standard InChI is InChI=1S/C7H12O3/c1-4-7(3,10)5(2)6(8)9/h4-5,10H,1H2,2-3H3,(H,8,9). The minimum Gasteiger partial charge on any atom is -0.481 e. The van der Waals surface area contributed by atoms with Gasteiger partial charge in [-0.3, -0.25) is 4.79 Å². The van der Waals surface area contributed by atoms with E-state index in [1.807, 2.05) is 0 Å². The van der Waals surface area contributed by atoms with Crippen LogP contribution in [0.1, 0.15) is 13.8 Å². The minimum absolute atomic E-state index is 0.815. The maximum Gasteiger partial charge on any atom is 0.309 e. The number of hydrogen-bond donors (Lipinski definition) is 2. The van der Waals surface area contributed by atoms with Crippen molar-refractivity contribution in [2.75, 3.05) is 0 Å². The third-order valence-corrected chi connectivity index (χ3v) is 1.66. The predicted octanol–water partition coefficient (Wildman–Crippen LogP) is 0.644. The predicted molar refractivity (Wildman–Crippen MR) is 37.6 cm³/mol. The number of carbonyl (C=O) groups is 1. The van der Waals surface area contributed by atoms with Crippen LogP contribution >= 0.6 is 0 Å². The van der Waals surface area contributed by atoms with Crippen molar-refractivity contribution >= 4 is 5.97 Å². The molecule has 58 valence electrons. The summed E-state index contributed by atoms with van der Waals surface area (Å²) in [6.45, 7) is 6.17. The van der Waals surface area contributed by atoms with Crippen LogP contribution in [0.2, 0.25) is 0 Å². The smallest absolute Gasteiger partial charge is 0.309 e. The quantitative estimate of drug-likeness (QED) is 0.571. The number of carboxylic acids is 1. The Balaban J connectivity index is 4.31. The van der Waals surface area contributed by atoms with Crippen molar-refractivity contribution in [3.8, 4) is 0 Å². The molecule has 0 bridgehead atoms. The van der Waals surface area contributed by atoms with E-state index >= 15 is 0 Å². The van der Waals surface area contributed by atoms with Crippen molar-refractivity contribution in [1.82, 2.24) is 0 Å². The normalized spacial score (nSPS) is 19.1. The molecule has 0 rings (SSSR count). The first-order valence-corrected chi connectivity index (χ1v) is 3.00. The van der Waals surface area contributed by atoms with Gasteiger partial charge in [0.2, 0.25) is 0 Å². The van der Waals surface area contributed by atoms with E-state index in [9.17, 15) is 9.90 Å². The lowest BCUT2D eigenvalue weighted by atomic mass is 9.91. The summed E-state index contributed by atoms with van der Waals surface area (Å²) in [5.74, 6) is -1.84. The molecule has 2 unspecified atom stereocenters. The van der Waals surface area contributed by atoms with Crippen LogP contribution in [0.15, 0.2) is 12.7 Å². The van der Waals surface area contributed by atoms with Crippen LogP contribution in [0.5, 0.6) is 0 Å². The Morgan fingerprint density at radius 3 is 2.30 bits per heavy atom. The molecule has 0 saturated heterocycles. The summed E-state index contributed by atoms with van der Waals surface area (Å²) in [4.78, 5) is 10.3. The summed E-state index contributed by atoms with van der Waals surface area (Å²) in [7, 11) is 0. The fourth-order valence-corrected chi connectivity index (χ4v) is 0.427. The second-order valence-electron chi connectivity index (χ2n) is 2.49. The van der Waals surface area contributed by atoms with E-state index < -0.39 is 17.5 Å². The van der Waals surface area contributed by atoms with Crippen LogP contribution in [0.4, 0.5) is 0 Å². The van der Waals surface area contributed by atoms with E-state index in [2.05, 4.69) is 6.58 Å². The summed E-state index contributed by atoms with van der Waals surface area (Å²) in [5, 5.41) is 17.7. The van der Waals surface area contributed by atoms with Crippen LogP contribution in [0, 0.1) is 5.92 Å². The minimum atomic E-state index is -1.31. The monoisotopic (exact) mass is 144 g/mol. The molecular weight excluding hydrogens is 132 g/mol. The maximum absolute atomic E-state index is 10.3. The van der Waals surface area contributed by atoms with Crippen molar-refractivity contribution in [2.45, 2.75) is 19.4 Å². The molecule has 0 aromatic heterocycles. The van der Waals surface area contributed by atoms with Gasteiger partial charge in [0.05, 0.1) is 11.5 Å². The zero-order valence-electron chi connectivity index (χ0n) is 6.16. The van der Waals surface area contributed by atoms with Gasteiger partial charge in [-0.15, -0.1) is 6.58 Å². The molecule has 0 aliphatic heterocycles. The highest BCUT2D eigenvalue weighted by Crippen LogP contribution is 2.17. The fourth-order valence-electron chi connectivity index (χ4n) is 0.427. The van der Waals surface area contributed by atoms with Gasteiger partial charge in [0.25, 0.3) is 0 Å². The Morgan fingerprint density at radius 2 is 2.20 bits per heavy atom. The van der Waals surface area contributed by atoms with E-state index in [1.54, 1.807) is 0 Å². The van der Waals surface area contributed by atoms with Gasteiger partial charge in [0, 0.05) is 0 Å². The van der Waals surface area contributed by atoms with Crippen LogP contribution in [0.3, 0.4) is 0 Å². The van der Waals surface area contributed by atoms with Gasteiger partial charge < -0.3 is 10.2 Å². The van der Waals surface area contributed by atoms with E-state index in [-0.39, 0.29) is 0 Å². The summed E-state index contributed by atoms with van der Waals surface area (Å²) in [5.41, 5.74) is -1.31. The van der Waals surface area contributed by atoms with Gasteiger partial charge in [-0.2, -0.15) is 0 Å². The first-order valence-electron chi connectivity index (χ1n) is 3.00. The molecule has 0 aromatic rings. The summed E-state index contributed by atoms with van der Waals surface area (Å²) < 4.78 is 0. The van der Waals surface area contributed by atoms with Gasteiger partial charge >= 0.3 is 5.97 Å². The topological polar surface area (TPSA) is 57.5 Å². The Kier molecular flexibility index (Phi) is 2.60. The van der Waals surface area contributed by atoms with Gasteiger partial charge in [-0.05, 0) is 13.8 Å². The Hall–Kier alpha value is -0.830. The molecule has 2 atom stereocenters. The summed E-state index contributed by atoms with van der Waals surface area (Å²) in [6.07, 6.45) is 1.23. The highest BCUT2D eigenvalue weighted by Gasteiger charge is 2.30. The van der Waals surface area contributed by atoms with E-state index in [1.165, 1.54) is 19.9 Å². The zero-order valence-corrected chi connectivity index (χ0v) is 6.16. The molecular formula is C7H12O3. The van der Waals surface area contributed by atoms with Crippen LogP contribution in [0.25, 0.3) is 0 Å². The van der Waals surface area contributed by atoms with E-state index in [4.69, 9.17) is 5.11 Å².